The molecule has 0 bridgehead atoms. The largest absolute Gasteiger partial charge is 0.377 e. The first-order chi connectivity index (χ1) is 12.8. The number of nitrogens with zero attached hydrogens (tertiary/aromatic N) is 3. The van der Waals surface area contributed by atoms with Crippen molar-refractivity contribution < 1.29 is 9.53 Å². The maximum absolute atomic E-state index is 12.6. The van der Waals surface area contributed by atoms with Crippen LogP contribution < -0.4 is 0 Å². The molecule has 2 aliphatic rings. The molecule has 0 spiro atoms. The highest BCUT2D eigenvalue weighted by atomic mass is 16.5. The number of allylic oxidation sites excluding steroid dienone is 2. The summed E-state index contributed by atoms with van der Waals surface area (Å²) in [5.41, 5.74) is 9.76. The van der Waals surface area contributed by atoms with Gasteiger partial charge in [-0.2, -0.15) is 0 Å². The van der Waals surface area contributed by atoms with Gasteiger partial charge < -0.3 is 4.74 Å². The Morgan fingerprint density at radius 1 is 1.19 bits per heavy atom. The molecule has 0 saturated heterocycles. The molecule has 1 fully saturated rings. The number of rotatable bonds is 8. The van der Waals surface area contributed by atoms with E-state index in [1.165, 1.54) is 5.56 Å². The van der Waals surface area contributed by atoms with Crippen molar-refractivity contribution in [3.8, 4) is 0 Å². The Labute approximate surface area is 155 Å². The van der Waals surface area contributed by atoms with Crippen molar-refractivity contribution in [1.29, 1.82) is 0 Å². The number of carbonyl (C=O) groups excluding carboxylic acids is 1. The van der Waals surface area contributed by atoms with Crippen LogP contribution in [0.1, 0.15) is 37.7 Å². The van der Waals surface area contributed by atoms with E-state index in [1.807, 2.05) is 18.2 Å². The highest BCUT2D eigenvalue weighted by Crippen LogP contribution is 2.43. The molecule has 138 valence electrons. The topological polar surface area (TPSA) is 75.1 Å². The van der Waals surface area contributed by atoms with Crippen LogP contribution in [-0.2, 0) is 16.1 Å². The fraction of sp³-hybridized carbons (Fsp3) is 0.571. The molecular formula is C21H27N3O2. The van der Waals surface area contributed by atoms with Crippen molar-refractivity contribution in [2.24, 2.45) is 28.8 Å². The normalized spacial score (nSPS) is 27.6. The zero-order chi connectivity index (χ0) is 18.2. The number of benzene rings is 1. The standard InChI is InChI=1S/C21H27N3O2/c22-24-23-13-11-19-17(9-10-18-7-4-8-20(25)21(18)19)12-14-26-15-16-5-2-1-3-6-16/h1-3,5-6,9-10,17-19,21H,4,7-8,11-15H2/t17-,18-,19-,21-/m1/s1. The average molecular weight is 353 g/mol. The van der Waals surface area contributed by atoms with Crippen LogP contribution in [0.25, 0.3) is 10.4 Å². The lowest BCUT2D eigenvalue weighted by molar-refractivity contribution is -0.129. The number of hydrogen-bond acceptors (Lipinski definition) is 3. The smallest absolute Gasteiger partial charge is 0.136 e. The molecule has 0 N–H and O–H groups in total. The molecule has 1 aromatic carbocycles. The van der Waals surface area contributed by atoms with Gasteiger partial charge in [-0.05, 0) is 54.5 Å². The van der Waals surface area contributed by atoms with Gasteiger partial charge >= 0.3 is 0 Å². The van der Waals surface area contributed by atoms with Gasteiger partial charge in [-0.3, -0.25) is 4.79 Å². The van der Waals surface area contributed by atoms with Gasteiger partial charge in [0.05, 0.1) is 6.61 Å². The third-order valence-corrected chi connectivity index (χ3v) is 5.74. The predicted octanol–water partition coefficient (Wildman–Crippen LogP) is 5.08. The summed E-state index contributed by atoms with van der Waals surface area (Å²) < 4.78 is 5.86. The maximum Gasteiger partial charge on any atom is 0.136 e. The number of carbonyl (C=O) groups is 1. The Hall–Kier alpha value is -2.10. The second-order valence-corrected chi connectivity index (χ2v) is 7.33. The van der Waals surface area contributed by atoms with Crippen LogP contribution in [0.15, 0.2) is 47.6 Å². The highest BCUT2D eigenvalue weighted by molar-refractivity contribution is 5.82. The molecule has 0 aromatic heterocycles. The molecular weight excluding hydrogens is 326 g/mol. The molecule has 4 atom stereocenters. The van der Waals surface area contributed by atoms with E-state index >= 15 is 0 Å². The molecule has 2 aliphatic carbocycles. The Morgan fingerprint density at radius 3 is 2.85 bits per heavy atom. The molecule has 5 heteroatoms. The minimum atomic E-state index is 0.0989. The zero-order valence-electron chi connectivity index (χ0n) is 15.2. The average Bonchev–Trinajstić information content (AvgIpc) is 2.67. The minimum Gasteiger partial charge on any atom is -0.377 e. The van der Waals surface area contributed by atoms with Gasteiger partial charge in [0.1, 0.15) is 5.78 Å². The third-order valence-electron chi connectivity index (χ3n) is 5.74. The number of ketones is 1. The molecule has 26 heavy (non-hydrogen) atoms. The molecule has 0 amide bonds. The SMILES string of the molecule is [N-]=[N+]=NCC[C@H]1[C@@H]2C(=O)CCC[C@@H]2C=C[C@@H]1CCOCc1ccccc1. The molecule has 0 unspecified atom stereocenters. The Morgan fingerprint density at radius 2 is 2.04 bits per heavy atom. The number of ether oxygens (including phenoxy) is 1. The maximum atomic E-state index is 12.6. The fourth-order valence-corrected chi connectivity index (χ4v) is 4.50. The van der Waals surface area contributed by atoms with Crippen LogP contribution >= 0.6 is 0 Å². The van der Waals surface area contributed by atoms with Crippen molar-refractivity contribution in [3.05, 3.63) is 58.5 Å². The molecule has 0 radical (unpaired) electrons. The number of azide groups is 1. The first kappa shape index (κ1) is 18.7. The lowest BCUT2D eigenvalue weighted by atomic mass is 9.63. The molecule has 5 nitrogen and oxygen atoms in total. The number of Topliss-reactive ketones (excluding diaryl/α,β-unsaturated/α-hetero) is 1. The van der Waals surface area contributed by atoms with Crippen molar-refractivity contribution in [2.45, 2.75) is 38.7 Å². The van der Waals surface area contributed by atoms with Gasteiger partial charge in [0, 0.05) is 30.4 Å². The van der Waals surface area contributed by atoms with E-state index in [0.717, 1.165) is 25.7 Å². The van der Waals surface area contributed by atoms with E-state index in [1.54, 1.807) is 0 Å². The lowest BCUT2D eigenvalue weighted by Gasteiger charge is -2.41. The first-order valence-corrected chi connectivity index (χ1v) is 9.63. The van der Waals surface area contributed by atoms with Gasteiger partial charge in [0.15, 0.2) is 0 Å². The van der Waals surface area contributed by atoms with Crippen LogP contribution in [-0.4, -0.2) is 18.9 Å². The van der Waals surface area contributed by atoms with E-state index in [-0.39, 0.29) is 11.8 Å². The Bertz CT molecular complexity index is 667. The van der Waals surface area contributed by atoms with Crippen molar-refractivity contribution in [2.75, 3.05) is 13.2 Å². The number of hydrogen-bond donors (Lipinski definition) is 0. The fourth-order valence-electron chi connectivity index (χ4n) is 4.50. The van der Waals surface area contributed by atoms with E-state index in [9.17, 15) is 4.79 Å². The van der Waals surface area contributed by atoms with Crippen molar-refractivity contribution >= 4 is 5.78 Å². The van der Waals surface area contributed by atoms with Gasteiger partial charge in [-0.25, -0.2) is 0 Å². The van der Waals surface area contributed by atoms with Crippen LogP contribution in [0.3, 0.4) is 0 Å². The van der Waals surface area contributed by atoms with Crippen LogP contribution in [0.4, 0.5) is 0 Å². The van der Waals surface area contributed by atoms with Gasteiger partial charge in [-0.15, -0.1) is 0 Å². The van der Waals surface area contributed by atoms with Crippen LogP contribution in [0, 0.1) is 23.7 Å². The van der Waals surface area contributed by atoms with Crippen molar-refractivity contribution in [3.63, 3.8) is 0 Å². The molecule has 3 rings (SSSR count). The van der Waals surface area contributed by atoms with E-state index in [2.05, 4.69) is 34.3 Å². The van der Waals surface area contributed by atoms with Crippen LogP contribution in [0.2, 0.25) is 0 Å². The summed E-state index contributed by atoms with van der Waals surface area (Å²) in [5, 5.41) is 3.71. The van der Waals surface area contributed by atoms with E-state index in [0.29, 0.717) is 43.8 Å². The Kier molecular flexibility index (Phi) is 6.87. The molecule has 0 aliphatic heterocycles. The quantitative estimate of drug-likeness (QED) is 0.215. The second-order valence-electron chi connectivity index (χ2n) is 7.33. The first-order valence-electron chi connectivity index (χ1n) is 9.63. The Balaban J connectivity index is 1.59. The van der Waals surface area contributed by atoms with E-state index < -0.39 is 0 Å². The summed E-state index contributed by atoms with van der Waals surface area (Å²) in [6, 6.07) is 10.2. The molecule has 1 aromatic rings. The predicted molar refractivity (Wildman–Crippen MR) is 101 cm³/mol. The summed E-state index contributed by atoms with van der Waals surface area (Å²) in [6.07, 6.45) is 9.02. The third kappa shape index (κ3) is 4.75. The van der Waals surface area contributed by atoms with Crippen molar-refractivity contribution in [1.82, 2.24) is 0 Å². The summed E-state index contributed by atoms with van der Waals surface area (Å²) in [5.74, 6) is 1.45. The second kappa shape index (κ2) is 9.56. The molecule has 1 saturated carbocycles. The van der Waals surface area contributed by atoms with Gasteiger partial charge in [0.25, 0.3) is 0 Å². The number of fused-ring (bicyclic) bond motifs is 1. The zero-order valence-corrected chi connectivity index (χ0v) is 15.2. The van der Waals surface area contributed by atoms with Gasteiger partial charge in [0.2, 0.25) is 0 Å². The van der Waals surface area contributed by atoms with E-state index in [4.69, 9.17) is 10.3 Å². The van der Waals surface area contributed by atoms with Crippen LogP contribution in [0.5, 0.6) is 0 Å². The summed E-state index contributed by atoms with van der Waals surface area (Å²) in [7, 11) is 0. The molecule has 0 heterocycles. The van der Waals surface area contributed by atoms with Gasteiger partial charge in [-0.1, -0.05) is 47.6 Å². The highest BCUT2D eigenvalue weighted by Gasteiger charge is 2.41. The lowest BCUT2D eigenvalue weighted by Crippen LogP contribution is -2.40. The summed E-state index contributed by atoms with van der Waals surface area (Å²) in [6.45, 7) is 1.76. The monoisotopic (exact) mass is 353 g/mol. The summed E-state index contributed by atoms with van der Waals surface area (Å²) >= 11 is 0. The minimum absolute atomic E-state index is 0.0989. The summed E-state index contributed by atoms with van der Waals surface area (Å²) in [4.78, 5) is 15.4.